The molecule has 2 heterocycles. The molecule has 0 radical (unpaired) electrons. The van der Waals surface area contributed by atoms with Gasteiger partial charge < -0.3 is 20.1 Å². The van der Waals surface area contributed by atoms with Gasteiger partial charge in [0.25, 0.3) is 5.91 Å². The molecule has 1 aliphatic heterocycles. The Morgan fingerprint density at radius 3 is 2.28 bits per heavy atom. The SMILES string of the molecule is CC(C)(C)c1ccc(Nc2ncc(C(=O)Nc3ccc4c(c3)OCO4)cn2)cc1. The Kier molecular flexibility index (Phi) is 4.80. The van der Waals surface area contributed by atoms with E-state index in [4.69, 9.17) is 9.47 Å². The summed E-state index contributed by atoms with van der Waals surface area (Å²) >= 11 is 0. The quantitative estimate of drug-likeness (QED) is 0.682. The van der Waals surface area contributed by atoms with Crippen molar-refractivity contribution in [2.45, 2.75) is 26.2 Å². The minimum atomic E-state index is -0.301. The Bertz CT molecular complexity index is 1030. The van der Waals surface area contributed by atoms with Crippen LogP contribution in [0.1, 0.15) is 36.7 Å². The molecule has 7 heteroatoms. The summed E-state index contributed by atoms with van der Waals surface area (Å²) in [5.41, 5.74) is 3.20. The predicted octanol–water partition coefficient (Wildman–Crippen LogP) is 4.50. The second-order valence-corrected chi connectivity index (χ2v) is 7.77. The fourth-order valence-electron chi connectivity index (χ4n) is 2.87. The van der Waals surface area contributed by atoms with Crippen molar-refractivity contribution in [3.8, 4) is 11.5 Å². The first-order valence-corrected chi connectivity index (χ1v) is 9.29. The molecule has 0 saturated heterocycles. The van der Waals surface area contributed by atoms with Crippen LogP contribution in [0.2, 0.25) is 0 Å². The van der Waals surface area contributed by atoms with Crippen molar-refractivity contribution in [3.63, 3.8) is 0 Å². The van der Waals surface area contributed by atoms with Crippen LogP contribution in [0.15, 0.2) is 54.9 Å². The summed E-state index contributed by atoms with van der Waals surface area (Å²) in [6, 6.07) is 13.4. The standard InChI is InChI=1S/C22H22N4O3/c1-22(2,3)15-4-6-16(7-5-15)26-21-23-11-14(12-24-21)20(27)25-17-8-9-18-19(10-17)29-13-28-18/h4-12H,13H2,1-3H3,(H,25,27)(H,23,24,26). The molecule has 1 aromatic heterocycles. The van der Waals surface area contributed by atoms with Crippen molar-refractivity contribution in [1.82, 2.24) is 9.97 Å². The minimum absolute atomic E-state index is 0.0992. The normalized spacial score (nSPS) is 12.5. The van der Waals surface area contributed by atoms with Crippen LogP contribution in [-0.4, -0.2) is 22.7 Å². The molecule has 0 unspecified atom stereocenters. The Labute approximate surface area is 169 Å². The number of benzene rings is 2. The smallest absolute Gasteiger partial charge is 0.258 e. The number of ether oxygens (including phenoxy) is 2. The lowest BCUT2D eigenvalue weighted by molar-refractivity contribution is 0.102. The van der Waals surface area contributed by atoms with Gasteiger partial charge >= 0.3 is 0 Å². The lowest BCUT2D eigenvalue weighted by Crippen LogP contribution is -2.13. The van der Waals surface area contributed by atoms with Crippen molar-refractivity contribution in [3.05, 3.63) is 66.0 Å². The molecule has 4 rings (SSSR count). The molecule has 0 aliphatic carbocycles. The van der Waals surface area contributed by atoms with Gasteiger partial charge in [0.05, 0.1) is 5.56 Å². The van der Waals surface area contributed by atoms with Gasteiger partial charge in [0.1, 0.15) is 0 Å². The highest BCUT2D eigenvalue weighted by Crippen LogP contribution is 2.34. The first-order valence-electron chi connectivity index (χ1n) is 9.29. The molecule has 0 fully saturated rings. The topological polar surface area (TPSA) is 85.4 Å². The second-order valence-electron chi connectivity index (χ2n) is 7.77. The monoisotopic (exact) mass is 390 g/mol. The molecule has 7 nitrogen and oxygen atoms in total. The van der Waals surface area contributed by atoms with Crippen LogP contribution in [0, 0.1) is 0 Å². The van der Waals surface area contributed by atoms with Gasteiger partial charge in [-0.25, -0.2) is 9.97 Å². The number of rotatable bonds is 4. The number of nitrogens with one attached hydrogen (secondary N) is 2. The zero-order valence-corrected chi connectivity index (χ0v) is 16.5. The summed E-state index contributed by atoms with van der Waals surface area (Å²) < 4.78 is 10.6. The van der Waals surface area contributed by atoms with Crippen LogP contribution >= 0.6 is 0 Å². The average Bonchev–Trinajstić information content (AvgIpc) is 3.16. The molecule has 0 atom stereocenters. The first kappa shape index (κ1) is 18.7. The van der Waals surface area contributed by atoms with E-state index in [1.54, 1.807) is 18.2 Å². The van der Waals surface area contributed by atoms with Crippen molar-refractivity contribution in [2.75, 3.05) is 17.4 Å². The fraction of sp³-hybridized carbons (Fsp3) is 0.227. The molecular weight excluding hydrogens is 368 g/mol. The fourth-order valence-corrected chi connectivity index (χ4v) is 2.87. The maximum atomic E-state index is 12.4. The van der Waals surface area contributed by atoms with Crippen LogP contribution in [0.5, 0.6) is 11.5 Å². The van der Waals surface area contributed by atoms with Crippen LogP contribution in [0.3, 0.4) is 0 Å². The first-order chi connectivity index (χ1) is 13.9. The van der Waals surface area contributed by atoms with Crippen LogP contribution < -0.4 is 20.1 Å². The van der Waals surface area contributed by atoms with Crippen molar-refractivity contribution in [1.29, 1.82) is 0 Å². The number of amides is 1. The number of nitrogens with zero attached hydrogens (tertiary/aromatic N) is 2. The highest BCUT2D eigenvalue weighted by molar-refractivity contribution is 6.04. The number of anilines is 3. The van der Waals surface area contributed by atoms with Gasteiger partial charge in [-0.3, -0.25) is 4.79 Å². The molecule has 0 saturated carbocycles. The summed E-state index contributed by atoms with van der Waals surface area (Å²) in [4.78, 5) is 20.9. The molecule has 1 amide bonds. The molecule has 2 N–H and O–H groups in total. The lowest BCUT2D eigenvalue weighted by atomic mass is 9.87. The van der Waals surface area contributed by atoms with E-state index in [9.17, 15) is 4.79 Å². The van der Waals surface area contributed by atoms with E-state index < -0.39 is 0 Å². The zero-order valence-electron chi connectivity index (χ0n) is 16.5. The van der Waals surface area contributed by atoms with E-state index in [1.165, 1.54) is 18.0 Å². The van der Waals surface area contributed by atoms with Gasteiger partial charge in [-0.1, -0.05) is 32.9 Å². The Morgan fingerprint density at radius 2 is 1.59 bits per heavy atom. The molecule has 1 aliphatic rings. The Hall–Kier alpha value is -3.61. The lowest BCUT2D eigenvalue weighted by Gasteiger charge is -2.19. The Morgan fingerprint density at radius 1 is 0.931 bits per heavy atom. The van der Waals surface area contributed by atoms with Gasteiger partial charge in [-0.2, -0.15) is 0 Å². The zero-order chi connectivity index (χ0) is 20.4. The molecular formula is C22H22N4O3. The third kappa shape index (κ3) is 4.29. The van der Waals surface area contributed by atoms with E-state index >= 15 is 0 Å². The van der Waals surface area contributed by atoms with Gasteiger partial charge in [0, 0.05) is 29.8 Å². The minimum Gasteiger partial charge on any atom is -0.454 e. The molecule has 29 heavy (non-hydrogen) atoms. The van der Waals surface area contributed by atoms with E-state index in [2.05, 4.69) is 53.5 Å². The number of fused-ring (bicyclic) bond motifs is 1. The molecule has 0 bridgehead atoms. The van der Waals surface area contributed by atoms with E-state index in [0.717, 1.165) is 5.69 Å². The van der Waals surface area contributed by atoms with Crippen molar-refractivity contribution >= 4 is 23.2 Å². The Balaban J connectivity index is 1.40. The number of hydrogen-bond donors (Lipinski definition) is 2. The third-order valence-corrected chi connectivity index (χ3v) is 4.55. The summed E-state index contributed by atoms with van der Waals surface area (Å²) in [5, 5.41) is 5.94. The third-order valence-electron chi connectivity index (χ3n) is 4.55. The number of carbonyl (C=O) groups excluding carboxylic acids is 1. The van der Waals surface area contributed by atoms with Gasteiger partial charge in [-0.05, 0) is 35.2 Å². The molecule has 3 aromatic rings. The number of aromatic nitrogens is 2. The van der Waals surface area contributed by atoms with E-state index in [-0.39, 0.29) is 18.1 Å². The highest BCUT2D eigenvalue weighted by Gasteiger charge is 2.15. The molecule has 148 valence electrons. The predicted molar refractivity (Wildman–Crippen MR) is 111 cm³/mol. The van der Waals surface area contributed by atoms with Gasteiger partial charge in [-0.15, -0.1) is 0 Å². The van der Waals surface area contributed by atoms with E-state index in [0.29, 0.717) is 28.7 Å². The number of hydrogen-bond acceptors (Lipinski definition) is 6. The van der Waals surface area contributed by atoms with Crippen LogP contribution in [-0.2, 0) is 5.41 Å². The summed E-state index contributed by atoms with van der Waals surface area (Å²) in [7, 11) is 0. The van der Waals surface area contributed by atoms with E-state index in [1.807, 2.05) is 12.1 Å². The average molecular weight is 390 g/mol. The maximum Gasteiger partial charge on any atom is 0.258 e. The largest absolute Gasteiger partial charge is 0.454 e. The summed E-state index contributed by atoms with van der Waals surface area (Å²) in [6.07, 6.45) is 2.97. The van der Waals surface area contributed by atoms with Gasteiger partial charge in [0.2, 0.25) is 12.7 Å². The van der Waals surface area contributed by atoms with Crippen LogP contribution in [0.25, 0.3) is 0 Å². The van der Waals surface area contributed by atoms with Crippen LogP contribution in [0.4, 0.5) is 17.3 Å². The van der Waals surface area contributed by atoms with Gasteiger partial charge in [0.15, 0.2) is 11.5 Å². The summed E-state index contributed by atoms with van der Waals surface area (Å²) in [5.74, 6) is 1.39. The number of carbonyl (C=O) groups is 1. The summed E-state index contributed by atoms with van der Waals surface area (Å²) in [6.45, 7) is 6.71. The maximum absolute atomic E-state index is 12.4. The molecule has 0 spiro atoms. The molecule has 2 aromatic carbocycles. The highest BCUT2D eigenvalue weighted by atomic mass is 16.7. The van der Waals surface area contributed by atoms with Crippen molar-refractivity contribution in [2.24, 2.45) is 0 Å². The van der Waals surface area contributed by atoms with Crippen molar-refractivity contribution < 1.29 is 14.3 Å². The second kappa shape index (κ2) is 7.43.